The average Bonchev–Trinajstić information content (AvgIpc) is 2.62. The molecule has 0 aliphatic carbocycles. The van der Waals surface area contributed by atoms with Crippen LogP contribution < -0.4 is 10.3 Å². The number of hydrogen-bond donors (Lipinski definition) is 0. The highest BCUT2D eigenvalue weighted by atomic mass is 16.5. The number of aryl methyl sites for hydroxylation is 1. The van der Waals surface area contributed by atoms with Crippen molar-refractivity contribution >= 4 is 17.2 Å². The van der Waals surface area contributed by atoms with Gasteiger partial charge in [-0.2, -0.15) is 0 Å². The largest absolute Gasteiger partial charge is 0.491 e. The molecule has 1 heterocycles. The molecule has 24 heavy (non-hydrogen) atoms. The predicted molar refractivity (Wildman–Crippen MR) is 93.3 cm³/mol. The number of benzene rings is 2. The van der Waals surface area contributed by atoms with E-state index in [2.05, 4.69) is 4.98 Å². The third kappa shape index (κ3) is 2.58. The molecule has 0 radical (unpaired) electrons. The van der Waals surface area contributed by atoms with Crippen molar-refractivity contribution in [3.8, 4) is 11.4 Å². The minimum absolute atomic E-state index is 0.165. The summed E-state index contributed by atoms with van der Waals surface area (Å²) >= 11 is 0. The number of carbonyl (C=O) groups is 1. The molecule has 0 saturated heterocycles. The first-order valence-electron chi connectivity index (χ1n) is 7.93. The maximum Gasteiger partial charge on any atom is 0.266 e. The Morgan fingerprint density at radius 1 is 1.12 bits per heavy atom. The second kappa shape index (κ2) is 6.66. The maximum absolute atomic E-state index is 13.0. The second-order valence-electron chi connectivity index (χ2n) is 5.29. The smallest absolute Gasteiger partial charge is 0.266 e. The van der Waals surface area contributed by atoms with Gasteiger partial charge in [-0.3, -0.25) is 14.2 Å². The molecule has 0 saturated carbocycles. The van der Waals surface area contributed by atoms with Crippen LogP contribution in [0.5, 0.6) is 5.75 Å². The predicted octanol–water partition coefficient (Wildman–Crippen LogP) is 3.16. The Balaban J connectivity index is 2.40. The summed E-state index contributed by atoms with van der Waals surface area (Å²) in [5.41, 5.74) is 1.46. The lowest BCUT2D eigenvalue weighted by atomic mass is 10.1. The summed E-state index contributed by atoms with van der Waals surface area (Å²) in [5, 5.41) is 0.536. The van der Waals surface area contributed by atoms with Gasteiger partial charge in [0.05, 0.1) is 28.8 Å². The van der Waals surface area contributed by atoms with Gasteiger partial charge in [0.25, 0.3) is 5.56 Å². The Kier molecular flexibility index (Phi) is 4.42. The van der Waals surface area contributed by atoms with E-state index in [-0.39, 0.29) is 5.56 Å². The van der Waals surface area contributed by atoms with Crippen LogP contribution in [0, 0.1) is 0 Å². The standard InChI is InChI=1S/C19H18N2O3/c1-3-17-20-15-10-6-5-9-14(15)19(23)21(17)16-11-7-8-13(12-22)18(16)24-4-2/h5-12H,3-4H2,1-2H3. The van der Waals surface area contributed by atoms with E-state index >= 15 is 0 Å². The van der Waals surface area contributed by atoms with Gasteiger partial charge in [0.1, 0.15) is 5.82 Å². The summed E-state index contributed by atoms with van der Waals surface area (Å²) in [7, 11) is 0. The van der Waals surface area contributed by atoms with E-state index in [1.165, 1.54) is 0 Å². The van der Waals surface area contributed by atoms with Gasteiger partial charge in [0.2, 0.25) is 0 Å². The topological polar surface area (TPSA) is 61.2 Å². The van der Waals surface area contributed by atoms with Crippen molar-refractivity contribution in [3.05, 3.63) is 64.2 Å². The van der Waals surface area contributed by atoms with Crippen molar-refractivity contribution in [2.24, 2.45) is 0 Å². The van der Waals surface area contributed by atoms with Crippen molar-refractivity contribution in [2.75, 3.05) is 6.61 Å². The van der Waals surface area contributed by atoms with Crippen molar-refractivity contribution in [1.82, 2.24) is 9.55 Å². The van der Waals surface area contributed by atoms with Crippen LogP contribution in [0.4, 0.5) is 0 Å². The highest BCUT2D eigenvalue weighted by molar-refractivity contribution is 5.83. The molecule has 122 valence electrons. The fraction of sp³-hybridized carbons (Fsp3) is 0.211. The van der Waals surface area contributed by atoms with Gasteiger partial charge in [0.15, 0.2) is 12.0 Å². The van der Waals surface area contributed by atoms with E-state index < -0.39 is 0 Å². The van der Waals surface area contributed by atoms with Crippen LogP contribution in [0.1, 0.15) is 30.0 Å². The van der Waals surface area contributed by atoms with Crippen molar-refractivity contribution in [3.63, 3.8) is 0 Å². The van der Waals surface area contributed by atoms with E-state index in [4.69, 9.17) is 4.74 Å². The van der Waals surface area contributed by atoms with Gasteiger partial charge in [-0.15, -0.1) is 0 Å². The number of aldehydes is 1. The van der Waals surface area contributed by atoms with Gasteiger partial charge in [-0.25, -0.2) is 4.98 Å². The number of nitrogens with zero attached hydrogens (tertiary/aromatic N) is 2. The third-order valence-electron chi connectivity index (χ3n) is 3.84. The van der Waals surface area contributed by atoms with E-state index in [1.54, 1.807) is 28.8 Å². The van der Waals surface area contributed by atoms with E-state index in [9.17, 15) is 9.59 Å². The Hall–Kier alpha value is -2.95. The monoisotopic (exact) mass is 322 g/mol. The van der Waals surface area contributed by atoms with Crippen LogP contribution in [0.15, 0.2) is 47.3 Å². The first-order chi connectivity index (χ1) is 11.7. The summed E-state index contributed by atoms with van der Waals surface area (Å²) in [5.74, 6) is 1.03. The number of fused-ring (bicyclic) bond motifs is 1. The molecule has 0 fully saturated rings. The van der Waals surface area contributed by atoms with Gasteiger partial charge in [-0.05, 0) is 31.2 Å². The summed E-state index contributed by atoms with van der Waals surface area (Å²) in [6.07, 6.45) is 1.32. The molecule has 0 N–H and O–H groups in total. The minimum atomic E-state index is -0.165. The number of ether oxygens (including phenoxy) is 1. The molecular weight excluding hydrogens is 304 g/mol. The van der Waals surface area contributed by atoms with Crippen LogP contribution in [0.3, 0.4) is 0 Å². The summed E-state index contributed by atoms with van der Waals surface area (Å²) < 4.78 is 7.20. The van der Waals surface area contributed by atoms with E-state index in [0.717, 1.165) is 6.29 Å². The molecule has 2 aromatic carbocycles. The Labute approximate surface area is 139 Å². The lowest BCUT2D eigenvalue weighted by Gasteiger charge is -2.17. The molecule has 0 atom stereocenters. The molecule has 5 nitrogen and oxygen atoms in total. The molecule has 0 aliphatic rings. The molecule has 0 aliphatic heterocycles. The molecule has 3 rings (SSSR count). The summed E-state index contributed by atoms with van der Waals surface area (Å²) in [6.45, 7) is 4.18. The van der Waals surface area contributed by atoms with Crippen molar-refractivity contribution in [2.45, 2.75) is 20.3 Å². The molecule has 0 amide bonds. The Bertz CT molecular complexity index is 960. The number of carbonyl (C=O) groups excluding carboxylic acids is 1. The molecule has 3 aromatic rings. The second-order valence-corrected chi connectivity index (χ2v) is 5.29. The van der Waals surface area contributed by atoms with Crippen LogP contribution >= 0.6 is 0 Å². The van der Waals surface area contributed by atoms with Crippen LogP contribution in [-0.2, 0) is 6.42 Å². The molecule has 0 spiro atoms. The van der Waals surface area contributed by atoms with Crippen LogP contribution in [-0.4, -0.2) is 22.4 Å². The zero-order valence-electron chi connectivity index (χ0n) is 13.7. The first kappa shape index (κ1) is 15.9. The number of aromatic nitrogens is 2. The molecule has 5 heteroatoms. The average molecular weight is 322 g/mol. The molecule has 0 unspecified atom stereocenters. The minimum Gasteiger partial charge on any atom is -0.491 e. The first-order valence-corrected chi connectivity index (χ1v) is 7.93. The SMILES string of the molecule is CCOc1c(C=O)cccc1-n1c(CC)nc2ccccc2c1=O. The van der Waals surface area contributed by atoms with Crippen LogP contribution in [0.25, 0.3) is 16.6 Å². The Morgan fingerprint density at radius 2 is 1.92 bits per heavy atom. The summed E-state index contributed by atoms with van der Waals surface area (Å²) in [4.78, 5) is 29.0. The maximum atomic E-state index is 13.0. The molecule has 1 aromatic heterocycles. The fourth-order valence-corrected chi connectivity index (χ4v) is 2.78. The Morgan fingerprint density at radius 3 is 2.62 bits per heavy atom. The zero-order valence-corrected chi connectivity index (χ0v) is 13.7. The van der Waals surface area contributed by atoms with Crippen molar-refractivity contribution in [1.29, 1.82) is 0 Å². The van der Waals surface area contributed by atoms with E-state index in [1.807, 2.05) is 32.0 Å². The van der Waals surface area contributed by atoms with Gasteiger partial charge in [-0.1, -0.05) is 25.1 Å². The lowest BCUT2D eigenvalue weighted by molar-refractivity contribution is 0.112. The highest BCUT2D eigenvalue weighted by Gasteiger charge is 2.17. The molecular formula is C19H18N2O3. The third-order valence-corrected chi connectivity index (χ3v) is 3.84. The zero-order chi connectivity index (χ0) is 17.1. The number of hydrogen-bond acceptors (Lipinski definition) is 4. The number of rotatable bonds is 5. The highest BCUT2D eigenvalue weighted by Crippen LogP contribution is 2.27. The van der Waals surface area contributed by atoms with Gasteiger partial charge >= 0.3 is 0 Å². The van der Waals surface area contributed by atoms with Crippen molar-refractivity contribution < 1.29 is 9.53 Å². The van der Waals surface area contributed by atoms with Crippen LogP contribution in [0.2, 0.25) is 0 Å². The van der Waals surface area contributed by atoms with E-state index in [0.29, 0.717) is 46.8 Å². The van der Waals surface area contributed by atoms with Gasteiger partial charge in [0, 0.05) is 6.42 Å². The molecule has 0 bridgehead atoms. The number of para-hydroxylation sites is 2. The lowest BCUT2D eigenvalue weighted by Crippen LogP contribution is -2.24. The van der Waals surface area contributed by atoms with Gasteiger partial charge < -0.3 is 4.74 Å². The fourth-order valence-electron chi connectivity index (χ4n) is 2.78. The quantitative estimate of drug-likeness (QED) is 0.677. The summed E-state index contributed by atoms with van der Waals surface area (Å²) in [6, 6.07) is 12.4. The normalized spacial score (nSPS) is 10.8.